The Hall–Kier alpha value is -2.14. The van der Waals surface area contributed by atoms with Crippen LogP contribution >= 0.6 is 0 Å². The highest BCUT2D eigenvalue weighted by atomic mass is 19.1. The van der Waals surface area contributed by atoms with Crippen LogP contribution in [-0.4, -0.2) is 22.5 Å². The molecule has 0 bridgehead atoms. The van der Waals surface area contributed by atoms with E-state index < -0.39 is 5.97 Å². The second kappa shape index (κ2) is 5.33. The molecule has 4 nitrogen and oxygen atoms in total. The molecule has 2 aromatic rings. The van der Waals surface area contributed by atoms with Crippen molar-refractivity contribution in [3.63, 3.8) is 0 Å². The summed E-state index contributed by atoms with van der Waals surface area (Å²) in [7, 11) is 0. The third kappa shape index (κ3) is 2.69. The summed E-state index contributed by atoms with van der Waals surface area (Å²) >= 11 is 0. The molecule has 0 atom stereocenters. The maximum atomic E-state index is 13.2. The van der Waals surface area contributed by atoms with Gasteiger partial charge >= 0.3 is 5.97 Å². The Morgan fingerprint density at radius 2 is 2.29 bits per heavy atom. The second-order valence-corrected chi connectivity index (χ2v) is 5.33. The fourth-order valence-electron chi connectivity index (χ4n) is 2.89. The van der Waals surface area contributed by atoms with E-state index in [1.54, 1.807) is 13.0 Å². The lowest BCUT2D eigenvalue weighted by molar-refractivity contribution is 0.0692. The van der Waals surface area contributed by atoms with Crippen LogP contribution in [0.3, 0.4) is 0 Å². The molecule has 5 heteroatoms. The zero-order valence-corrected chi connectivity index (χ0v) is 11.7. The van der Waals surface area contributed by atoms with Crippen LogP contribution in [0.25, 0.3) is 0 Å². The van der Waals surface area contributed by atoms with Gasteiger partial charge in [0.25, 0.3) is 0 Å². The summed E-state index contributed by atoms with van der Waals surface area (Å²) in [6.45, 7) is 3.57. The molecule has 0 saturated carbocycles. The number of halogens is 1. The Morgan fingerprint density at radius 1 is 1.48 bits per heavy atom. The molecule has 110 valence electrons. The molecule has 1 aliphatic rings. The van der Waals surface area contributed by atoms with E-state index in [0.29, 0.717) is 25.3 Å². The summed E-state index contributed by atoms with van der Waals surface area (Å²) in [5.41, 5.74) is 1.91. The number of fused-ring (bicyclic) bond motifs is 1. The number of hydrogen-bond donors (Lipinski definition) is 1. The highest BCUT2D eigenvalue weighted by molar-refractivity contribution is 5.90. The SMILES string of the molecule is Cc1oc2c(c1C(=O)O)CN(Cc1cccc(F)c1)CC2. The van der Waals surface area contributed by atoms with Crippen molar-refractivity contribution in [2.45, 2.75) is 26.4 Å². The van der Waals surface area contributed by atoms with E-state index in [1.807, 2.05) is 6.07 Å². The Labute approximate surface area is 121 Å². The maximum Gasteiger partial charge on any atom is 0.339 e. The number of nitrogens with zero attached hydrogens (tertiary/aromatic N) is 1. The van der Waals surface area contributed by atoms with Gasteiger partial charge in [-0.25, -0.2) is 9.18 Å². The number of benzene rings is 1. The number of rotatable bonds is 3. The molecule has 1 aliphatic heterocycles. The van der Waals surface area contributed by atoms with Crippen molar-refractivity contribution in [1.82, 2.24) is 4.90 Å². The summed E-state index contributed by atoms with van der Waals surface area (Å²) < 4.78 is 18.8. The van der Waals surface area contributed by atoms with Crippen molar-refractivity contribution in [3.8, 4) is 0 Å². The standard InChI is InChI=1S/C16H16FNO3/c1-10-15(16(19)20)13-9-18(6-5-14(13)21-10)8-11-3-2-4-12(17)7-11/h2-4,7H,5-6,8-9H2,1H3,(H,19,20). The van der Waals surface area contributed by atoms with Crippen LogP contribution in [0, 0.1) is 12.7 Å². The first-order chi connectivity index (χ1) is 10.0. The Kier molecular flexibility index (Phi) is 3.51. The van der Waals surface area contributed by atoms with Crippen LogP contribution in [0.4, 0.5) is 4.39 Å². The van der Waals surface area contributed by atoms with Gasteiger partial charge in [0.1, 0.15) is 22.9 Å². The summed E-state index contributed by atoms with van der Waals surface area (Å²) in [6, 6.07) is 6.48. The molecule has 0 radical (unpaired) electrons. The fraction of sp³-hybridized carbons (Fsp3) is 0.312. The Bertz CT molecular complexity index is 693. The smallest absolute Gasteiger partial charge is 0.339 e. The minimum atomic E-state index is -0.954. The van der Waals surface area contributed by atoms with Crippen molar-refractivity contribution in [1.29, 1.82) is 0 Å². The van der Waals surface area contributed by atoms with Gasteiger partial charge in [0.15, 0.2) is 0 Å². The molecule has 0 fully saturated rings. The Balaban J connectivity index is 1.82. The number of aromatic carboxylic acids is 1. The number of aryl methyl sites for hydroxylation is 1. The quantitative estimate of drug-likeness (QED) is 0.943. The van der Waals surface area contributed by atoms with Gasteiger partial charge in [-0.3, -0.25) is 4.90 Å². The van der Waals surface area contributed by atoms with Gasteiger partial charge in [0, 0.05) is 31.6 Å². The number of hydrogen-bond acceptors (Lipinski definition) is 3. The second-order valence-electron chi connectivity index (χ2n) is 5.33. The predicted octanol–water partition coefficient (Wildman–Crippen LogP) is 2.98. The first-order valence-electron chi connectivity index (χ1n) is 6.86. The predicted molar refractivity (Wildman–Crippen MR) is 74.6 cm³/mol. The molecule has 0 unspecified atom stereocenters. The van der Waals surface area contributed by atoms with E-state index >= 15 is 0 Å². The van der Waals surface area contributed by atoms with E-state index in [2.05, 4.69) is 4.90 Å². The van der Waals surface area contributed by atoms with Gasteiger partial charge in [0.05, 0.1) is 0 Å². The normalized spacial score (nSPS) is 15.0. The van der Waals surface area contributed by atoms with Crippen molar-refractivity contribution in [3.05, 3.63) is 58.3 Å². The van der Waals surface area contributed by atoms with Crippen molar-refractivity contribution < 1.29 is 18.7 Å². The summed E-state index contributed by atoms with van der Waals surface area (Å²) in [5, 5.41) is 9.29. The number of carbonyl (C=O) groups is 1. The largest absolute Gasteiger partial charge is 0.478 e. The lowest BCUT2D eigenvalue weighted by atomic mass is 10.0. The van der Waals surface area contributed by atoms with E-state index in [4.69, 9.17) is 4.42 Å². The molecule has 3 rings (SSSR count). The number of carboxylic acids is 1. The summed E-state index contributed by atoms with van der Waals surface area (Å²) in [6.07, 6.45) is 0.679. The minimum absolute atomic E-state index is 0.254. The van der Waals surface area contributed by atoms with Gasteiger partial charge in [-0.1, -0.05) is 12.1 Å². The van der Waals surface area contributed by atoms with Gasteiger partial charge in [-0.2, -0.15) is 0 Å². The molecule has 2 heterocycles. The van der Waals surface area contributed by atoms with E-state index in [9.17, 15) is 14.3 Å². The molecule has 1 N–H and O–H groups in total. The molecule has 1 aromatic heterocycles. The lowest BCUT2D eigenvalue weighted by Crippen LogP contribution is -2.30. The molecular formula is C16H16FNO3. The molecular weight excluding hydrogens is 273 g/mol. The van der Waals surface area contributed by atoms with E-state index in [-0.39, 0.29) is 11.4 Å². The zero-order valence-electron chi connectivity index (χ0n) is 11.7. The van der Waals surface area contributed by atoms with E-state index in [1.165, 1.54) is 12.1 Å². The van der Waals surface area contributed by atoms with Gasteiger partial charge < -0.3 is 9.52 Å². The zero-order chi connectivity index (χ0) is 15.0. The molecule has 0 aliphatic carbocycles. The van der Waals surface area contributed by atoms with Gasteiger partial charge in [0.2, 0.25) is 0 Å². The van der Waals surface area contributed by atoms with Crippen LogP contribution in [0.2, 0.25) is 0 Å². The average Bonchev–Trinajstić information content (AvgIpc) is 2.74. The topological polar surface area (TPSA) is 53.7 Å². The summed E-state index contributed by atoms with van der Waals surface area (Å²) in [4.78, 5) is 13.4. The molecule has 1 aromatic carbocycles. The number of furan rings is 1. The third-order valence-electron chi connectivity index (χ3n) is 3.81. The summed E-state index contributed by atoms with van der Waals surface area (Å²) in [5.74, 6) is 0.0150. The van der Waals surface area contributed by atoms with E-state index in [0.717, 1.165) is 23.4 Å². The molecule has 21 heavy (non-hydrogen) atoms. The lowest BCUT2D eigenvalue weighted by Gasteiger charge is -2.26. The van der Waals surface area contributed by atoms with Gasteiger partial charge in [-0.15, -0.1) is 0 Å². The van der Waals surface area contributed by atoms with Crippen LogP contribution in [0.1, 0.15) is 33.0 Å². The van der Waals surface area contributed by atoms with Crippen LogP contribution in [0.5, 0.6) is 0 Å². The minimum Gasteiger partial charge on any atom is -0.478 e. The van der Waals surface area contributed by atoms with Crippen molar-refractivity contribution >= 4 is 5.97 Å². The third-order valence-corrected chi connectivity index (χ3v) is 3.81. The highest BCUT2D eigenvalue weighted by Gasteiger charge is 2.28. The molecule has 0 amide bonds. The molecule has 0 spiro atoms. The van der Waals surface area contributed by atoms with Crippen molar-refractivity contribution in [2.75, 3.05) is 6.54 Å². The number of carboxylic acid groups (broad SMARTS) is 1. The van der Waals surface area contributed by atoms with Crippen LogP contribution in [0.15, 0.2) is 28.7 Å². The van der Waals surface area contributed by atoms with Crippen LogP contribution in [-0.2, 0) is 19.5 Å². The van der Waals surface area contributed by atoms with Gasteiger partial charge in [-0.05, 0) is 24.6 Å². The van der Waals surface area contributed by atoms with Crippen LogP contribution < -0.4 is 0 Å². The Morgan fingerprint density at radius 3 is 3.00 bits per heavy atom. The highest BCUT2D eigenvalue weighted by Crippen LogP contribution is 2.28. The average molecular weight is 289 g/mol. The molecule has 0 saturated heterocycles. The van der Waals surface area contributed by atoms with Crippen molar-refractivity contribution in [2.24, 2.45) is 0 Å². The fourth-order valence-corrected chi connectivity index (χ4v) is 2.89. The maximum absolute atomic E-state index is 13.2. The monoisotopic (exact) mass is 289 g/mol. The first kappa shape index (κ1) is 13.8. The first-order valence-corrected chi connectivity index (χ1v) is 6.86.